The van der Waals surface area contributed by atoms with Crippen molar-refractivity contribution in [1.29, 1.82) is 0 Å². The molecule has 0 aliphatic carbocycles. The number of carbonyl (C=O) groups excluding carboxylic acids is 1. The van der Waals surface area contributed by atoms with Crippen LogP contribution in [0.25, 0.3) is 0 Å². The summed E-state index contributed by atoms with van der Waals surface area (Å²) in [6, 6.07) is 3.30. The summed E-state index contributed by atoms with van der Waals surface area (Å²) in [5.74, 6) is 0.0553. The maximum absolute atomic E-state index is 11.7. The number of hydrogen-bond donors (Lipinski definition) is 1. The summed E-state index contributed by atoms with van der Waals surface area (Å²) in [5, 5.41) is 6.88. The molecule has 0 aliphatic rings. The highest BCUT2D eigenvalue weighted by molar-refractivity contribution is 9.10. The average molecular weight is 298 g/mol. The van der Waals surface area contributed by atoms with Crippen molar-refractivity contribution in [3.8, 4) is 0 Å². The minimum Gasteiger partial charge on any atom is -0.444 e. The number of amides is 1. The topological polar surface area (TPSA) is 60.1 Å². The summed E-state index contributed by atoms with van der Waals surface area (Å²) in [7, 11) is 0. The monoisotopic (exact) mass is 297 g/mol. The van der Waals surface area contributed by atoms with E-state index in [1.807, 2.05) is 17.8 Å². The molecule has 0 unspecified atom stereocenters. The standard InChI is InChI=1S/C11H12BrN3O2/c1-2-15-7-8(6-14-15)5-13-11(16)9-3-4-10(12)17-9/h3-4,6-7H,2,5H2,1H3,(H,13,16). The molecule has 0 aromatic carbocycles. The van der Waals surface area contributed by atoms with Crippen molar-refractivity contribution in [1.82, 2.24) is 15.1 Å². The Bertz CT molecular complexity index is 518. The van der Waals surface area contributed by atoms with Crippen molar-refractivity contribution in [3.05, 3.63) is 40.5 Å². The second kappa shape index (κ2) is 5.18. The summed E-state index contributed by atoms with van der Waals surface area (Å²) in [4.78, 5) is 11.7. The lowest BCUT2D eigenvalue weighted by Crippen LogP contribution is -2.21. The van der Waals surface area contributed by atoms with Gasteiger partial charge in [-0.2, -0.15) is 5.10 Å². The first-order chi connectivity index (χ1) is 8.19. The number of nitrogens with one attached hydrogen (secondary N) is 1. The summed E-state index contributed by atoms with van der Waals surface area (Å²) in [6.07, 6.45) is 3.64. The Hall–Kier alpha value is -1.56. The quantitative estimate of drug-likeness (QED) is 0.941. The van der Waals surface area contributed by atoms with Gasteiger partial charge >= 0.3 is 0 Å². The van der Waals surface area contributed by atoms with Gasteiger partial charge in [-0.1, -0.05) is 0 Å². The highest BCUT2D eigenvalue weighted by atomic mass is 79.9. The van der Waals surface area contributed by atoms with Gasteiger partial charge < -0.3 is 9.73 Å². The van der Waals surface area contributed by atoms with E-state index in [2.05, 4.69) is 26.3 Å². The number of hydrogen-bond acceptors (Lipinski definition) is 3. The second-order valence-electron chi connectivity index (χ2n) is 3.49. The Balaban J connectivity index is 1.92. The lowest BCUT2D eigenvalue weighted by molar-refractivity contribution is 0.0922. The predicted octanol–water partition coefficient (Wildman–Crippen LogP) is 2.19. The van der Waals surface area contributed by atoms with E-state index in [9.17, 15) is 4.79 Å². The van der Waals surface area contributed by atoms with Crippen LogP contribution in [0.15, 0.2) is 33.6 Å². The fourth-order valence-corrected chi connectivity index (χ4v) is 1.68. The fourth-order valence-electron chi connectivity index (χ4n) is 1.38. The van der Waals surface area contributed by atoms with Gasteiger partial charge in [0, 0.05) is 24.8 Å². The van der Waals surface area contributed by atoms with Gasteiger partial charge in [0.1, 0.15) is 0 Å². The molecular weight excluding hydrogens is 286 g/mol. The molecule has 0 fully saturated rings. The largest absolute Gasteiger partial charge is 0.444 e. The molecule has 0 bridgehead atoms. The third-order valence-electron chi connectivity index (χ3n) is 2.26. The molecule has 0 spiro atoms. The molecule has 6 heteroatoms. The van der Waals surface area contributed by atoms with Crippen LogP contribution in [-0.2, 0) is 13.1 Å². The van der Waals surface area contributed by atoms with Crippen LogP contribution >= 0.6 is 15.9 Å². The Labute approximate surface area is 107 Å². The number of rotatable bonds is 4. The average Bonchev–Trinajstić information content (AvgIpc) is 2.94. The van der Waals surface area contributed by atoms with Gasteiger partial charge in [-0.25, -0.2) is 0 Å². The summed E-state index contributed by atoms with van der Waals surface area (Å²) in [5.41, 5.74) is 0.964. The van der Waals surface area contributed by atoms with Gasteiger partial charge in [-0.15, -0.1) is 0 Å². The molecular formula is C11H12BrN3O2. The summed E-state index contributed by atoms with van der Waals surface area (Å²) < 4.78 is 7.50. The number of aryl methyl sites for hydroxylation is 1. The van der Waals surface area contributed by atoms with E-state index in [0.29, 0.717) is 17.0 Å². The minimum atomic E-state index is -0.236. The molecule has 0 radical (unpaired) electrons. The number of halogens is 1. The molecule has 0 aliphatic heterocycles. The zero-order valence-corrected chi connectivity index (χ0v) is 10.9. The molecule has 0 saturated carbocycles. The highest BCUT2D eigenvalue weighted by Gasteiger charge is 2.10. The van der Waals surface area contributed by atoms with Crippen LogP contribution < -0.4 is 5.32 Å². The van der Waals surface area contributed by atoms with E-state index in [4.69, 9.17) is 4.42 Å². The second-order valence-corrected chi connectivity index (χ2v) is 4.27. The molecule has 1 N–H and O–H groups in total. The summed E-state index contributed by atoms with van der Waals surface area (Å²) >= 11 is 3.15. The molecule has 2 aromatic heterocycles. The molecule has 2 aromatic rings. The fraction of sp³-hybridized carbons (Fsp3) is 0.273. The molecule has 0 atom stereocenters. The first-order valence-electron chi connectivity index (χ1n) is 5.24. The van der Waals surface area contributed by atoms with Crippen molar-refractivity contribution >= 4 is 21.8 Å². The number of carbonyl (C=O) groups is 1. The van der Waals surface area contributed by atoms with Crippen molar-refractivity contribution in [2.75, 3.05) is 0 Å². The first-order valence-corrected chi connectivity index (χ1v) is 6.03. The molecule has 17 heavy (non-hydrogen) atoms. The van der Waals surface area contributed by atoms with E-state index in [0.717, 1.165) is 12.1 Å². The van der Waals surface area contributed by atoms with Crippen LogP contribution in [0, 0.1) is 0 Å². The highest BCUT2D eigenvalue weighted by Crippen LogP contribution is 2.13. The van der Waals surface area contributed by atoms with Crippen LogP contribution in [0.5, 0.6) is 0 Å². The van der Waals surface area contributed by atoms with Gasteiger partial charge in [0.25, 0.3) is 5.91 Å². The number of nitrogens with zero attached hydrogens (tertiary/aromatic N) is 2. The van der Waals surface area contributed by atoms with Crippen molar-refractivity contribution in [2.45, 2.75) is 20.0 Å². The zero-order chi connectivity index (χ0) is 12.3. The van der Waals surface area contributed by atoms with Crippen LogP contribution in [0.2, 0.25) is 0 Å². The van der Waals surface area contributed by atoms with E-state index in [1.165, 1.54) is 0 Å². The Morgan fingerprint density at radius 1 is 1.59 bits per heavy atom. The van der Waals surface area contributed by atoms with Crippen LogP contribution in [0.3, 0.4) is 0 Å². The normalized spacial score (nSPS) is 10.5. The number of furan rings is 1. The van der Waals surface area contributed by atoms with E-state index in [1.54, 1.807) is 18.3 Å². The van der Waals surface area contributed by atoms with Crippen LogP contribution in [0.1, 0.15) is 23.0 Å². The van der Waals surface area contributed by atoms with Gasteiger partial charge in [-0.05, 0) is 35.0 Å². The summed E-state index contributed by atoms with van der Waals surface area (Å²) in [6.45, 7) is 3.27. The van der Waals surface area contributed by atoms with E-state index >= 15 is 0 Å². The Morgan fingerprint density at radius 3 is 3.00 bits per heavy atom. The molecule has 1 amide bonds. The van der Waals surface area contributed by atoms with Gasteiger partial charge in [0.15, 0.2) is 10.4 Å². The predicted molar refractivity (Wildman–Crippen MR) is 65.5 cm³/mol. The molecule has 5 nitrogen and oxygen atoms in total. The van der Waals surface area contributed by atoms with Gasteiger partial charge in [0.2, 0.25) is 0 Å². The Kier molecular flexibility index (Phi) is 3.63. The lowest BCUT2D eigenvalue weighted by Gasteiger charge is -2.00. The number of aromatic nitrogens is 2. The van der Waals surface area contributed by atoms with Crippen molar-refractivity contribution in [2.24, 2.45) is 0 Å². The minimum absolute atomic E-state index is 0.236. The van der Waals surface area contributed by atoms with Crippen molar-refractivity contribution in [3.63, 3.8) is 0 Å². The lowest BCUT2D eigenvalue weighted by atomic mass is 10.3. The Morgan fingerprint density at radius 2 is 2.41 bits per heavy atom. The third-order valence-corrected chi connectivity index (χ3v) is 2.69. The smallest absolute Gasteiger partial charge is 0.287 e. The van der Waals surface area contributed by atoms with Gasteiger partial charge in [-0.3, -0.25) is 9.48 Å². The van der Waals surface area contributed by atoms with Crippen LogP contribution in [-0.4, -0.2) is 15.7 Å². The van der Waals surface area contributed by atoms with Gasteiger partial charge in [0.05, 0.1) is 6.20 Å². The maximum Gasteiger partial charge on any atom is 0.287 e. The molecule has 2 heterocycles. The molecule has 90 valence electrons. The van der Waals surface area contributed by atoms with Crippen LogP contribution in [0.4, 0.5) is 0 Å². The zero-order valence-electron chi connectivity index (χ0n) is 9.31. The third kappa shape index (κ3) is 2.97. The van der Waals surface area contributed by atoms with E-state index in [-0.39, 0.29) is 5.91 Å². The molecule has 2 rings (SSSR count). The maximum atomic E-state index is 11.7. The SMILES string of the molecule is CCn1cc(CNC(=O)c2ccc(Br)o2)cn1. The molecule has 0 saturated heterocycles. The van der Waals surface area contributed by atoms with Crippen molar-refractivity contribution < 1.29 is 9.21 Å². The first kappa shape index (κ1) is 11.9. The van der Waals surface area contributed by atoms with E-state index < -0.39 is 0 Å².